The molecule has 3 nitrogen and oxygen atoms in total. The Hall–Kier alpha value is -0.930. The van der Waals surface area contributed by atoms with E-state index in [0.717, 1.165) is 37.1 Å². The second-order valence-corrected chi connectivity index (χ2v) is 4.90. The molecule has 0 unspecified atom stereocenters. The fourth-order valence-corrected chi connectivity index (χ4v) is 2.41. The zero-order valence-electron chi connectivity index (χ0n) is 9.95. The molecule has 0 aliphatic heterocycles. The molecule has 1 aliphatic rings. The van der Waals surface area contributed by atoms with E-state index in [1.54, 1.807) is 7.11 Å². The Morgan fingerprint density at radius 3 is 2.59 bits per heavy atom. The molecular formula is C13H18ClNO2. The minimum Gasteiger partial charge on any atom is -0.497 e. The lowest BCUT2D eigenvalue weighted by Crippen LogP contribution is -2.28. The smallest absolute Gasteiger partial charge is 0.120 e. The van der Waals surface area contributed by atoms with Crippen LogP contribution in [-0.4, -0.2) is 24.4 Å². The van der Waals surface area contributed by atoms with Gasteiger partial charge in [-0.3, -0.25) is 0 Å². The van der Waals surface area contributed by atoms with Crippen molar-refractivity contribution in [1.29, 1.82) is 0 Å². The monoisotopic (exact) mass is 255 g/mol. The molecule has 0 aromatic heterocycles. The third-order valence-electron chi connectivity index (χ3n) is 3.23. The Balaban J connectivity index is 1.99. The summed E-state index contributed by atoms with van der Waals surface area (Å²) in [5.74, 6) is 0.764. The lowest BCUT2D eigenvalue weighted by Gasteiger charge is -2.27. The third-order valence-corrected chi connectivity index (χ3v) is 3.55. The van der Waals surface area contributed by atoms with Crippen LogP contribution in [0.2, 0.25) is 5.02 Å². The average molecular weight is 256 g/mol. The number of anilines is 1. The second kappa shape index (κ2) is 5.61. The van der Waals surface area contributed by atoms with Gasteiger partial charge in [0.2, 0.25) is 0 Å². The number of rotatable bonds is 3. The molecule has 17 heavy (non-hydrogen) atoms. The first kappa shape index (κ1) is 12.5. The van der Waals surface area contributed by atoms with E-state index in [-0.39, 0.29) is 6.10 Å². The van der Waals surface area contributed by atoms with Gasteiger partial charge in [0.1, 0.15) is 5.75 Å². The maximum atomic E-state index is 9.45. The van der Waals surface area contributed by atoms with Gasteiger partial charge in [-0.05, 0) is 37.8 Å². The summed E-state index contributed by atoms with van der Waals surface area (Å²) in [6.07, 6.45) is 3.59. The van der Waals surface area contributed by atoms with E-state index in [9.17, 15) is 5.11 Å². The van der Waals surface area contributed by atoms with Crippen molar-refractivity contribution in [3.63, 3.8) is 0 Å². The molecule has 0 amide bonds. The van der Waals surface area contributed by atoms with Crippen LogP contribution < -0.4 is 10.1 Å². The van der Waals surface area contributed by atoms with E-state index in [1.807, 2.05) is 18.2 Å². The zero-order valence-corrected chi connectivity index (χ0v) is 10.7. The molecule has 0 atom stereocenters. The van der Waals surface area contributed by atoms with Crippen molar-refractivity contribution in [2.45, 2.75) is 37.8 Å². The highest BCUT2D eigenvalue weighted by Gasteiger charge is 2.19. The molecule has 0 saturated heterocycles. The number of hydrogen-bond donors (Lipinski definition) is 2. The number of aliphatic hydroxyl groups excluding tert-OH is 1. The van der Waals surface area contributed by atoms with E-state index < -0.39 is 0 Å². The van der Waals surface area contributed by atoms with Crippen LogP contribution in [0.1, 0.15) is 25.7 Å². The van der Waals surface area contributed by atoms with Gasteiger partial charge in [-0.25, -0.2) is 0 Å². The Morgan fingerprint density at radius 1 is 1.29 bits per heavy atom. The van der Waals surface area contributed by atoms with Gasteiger partial charge >= 0.3 is 0 Å². The molecule has 1 aliphatic carbocycles. The van der Waals surface area contributed by atoms with E-state index in [4.69, 9.17) is 16.3 Å². The van der Waals surface area contributed by atoms with E-state index in [1.165, 1.54) is 0 Å². The van der Waals surface area contributed by atoms with E-state index in [2.05, 4.69) is 5.32 Å². The highest BCUT2D eigenvalue weighted by atomic mass is 35.5. The summed E-state index contributed by atoms with van der Waals surface area (Å²) >= 11 is 6.16. The molecule has 94 valence electrons. The van der Waals surface area contributed by atoms with Crippen LogP contribution in [0.25, 0.3) is 0 Å². The van der Waals surface area contributed by atoms with Crippen LogP contribution in [0.3, 0.4) is 0 Å². The number of aliphatic hydroxyl groups is 1. The molecule has 4 heteroatoms. The van der Waals surface area contributed by atoms with Crippen molar-refractivity contribution in [2.75, 3.05) is 12.4 Å². The van der Waals surface area contributed by atoms with Crippen molar-refractivity contribution in [1.82, 2.24) is 0 Å². The largest absolute Gasteiger partial charge is 0.497 e. The van der Waals surface area contributed by atoms with Crippen LogP contribution in [0, 0.1) is 0 Å². The average Bonchev–Trinajstić information content (AvgIpc) is 2.34. The van der Waals surface area contributed by atoms with Crippen LogP contribution in [-0.2, 0) is 0 Å². The predicted molar refractivity (Wildman–Crippen MR) is 69.9 cm³/mol. The number of benzene rings is 1. The van der Waals surface area contributed by atoms with Gasteiger partial charge in [-0.2, -0.15) is 0 Å². The SMILES string of the molecule is COc1ccc(NC2CCC(O)CC2)c(Cl)c1. The Bertz CT molecular complexity index is 376. The van der Waals surface area contributed by atoms with Crippen molar-refractivity contribution in [3.8, 4) is 5.75 Å². The lowest BCUT2D eigenvalue weighted by molar-refractivity contribution is 0.126. The fourth-order valence-electron chi connectivity index (χ4n) is 2.18. The van der Waals surface area contributed by atoms with Crippen LogP contribution in [0.15, 0.2) is 18.2 Å². The molecule has 2 N–H and O–H groups in total. The molecule has 1 saturated carbocycles. The van der Waals surface area contributed by atoms with Crippen molar-refractivity contribution in [3.05, 3.63) is 23.2 Å². The summed E-state index contributed by atoms with van der Waals surface area (Å²) in [6, 6.07) is 6.05. The number of ether oxygens (including phenoxy) is 1. The summed E-state index contributed by atoms with van der Waals surface area (Å²) in [6.45, 7) is 0. The van der Waals surface area contributed by atoms with Gasteiger partial charge in [-0.15, -0.1) is 0 Å². The van der Waals surface area contributed by atoms with Gasteiger partial charge < -0.3 is 15.2 Å². The third kappa shape index (κ3) is 3.27. The molecule has 1 aromatic rings. The van der Waals surface area contributed by atoms with E-state index >= 15 is 0 Å². The molecule has 0 radical (unpaired) electrons. The van der Waals surface area contributed by atoms with Gasteiger partial charge in [0.15, 0.2) is 0 Å². The highest BCUT2D eigenvalue weighted by molar-refractivity contribution is 6.33. The summed E-state index contributed by atoms with van der Waals surface area (Å²) in [5.41, 5.74) is 0.939. The minimum atomic E-state index is -0.126. The van der Waals surface area contributed by atoms with Gasteiger partial charge in [-0.1, -0.05) is 11.6 Å². The molecular weight excluding hydrogens is 238 g/mol. The molecule has 0 heterocycles. The first-order valence-electron chi connectivity index (χ1n) is 5.97. The van der Waals surface area contributed by atoms with Gasteiger partial charge in [0, 0.05) is 12.1 Å². The van der Waals surface area contributed by atoms with Gasteiger partial charge in [0.25, 0.3) is 0 Å². The Morgan fingerprint density at radius 2 is 2.00 bits per heavy atom. The standard InChI is InChI=1S/C13H18ClNO2/c1-17-11-6-7-13(12(14)8-11)15-9-2-4-10(16)5-3-9/h6-10,15-16H,2-5H2,1H3. The summed E-state index contributed by atoms with van der Waals surface area (Å²) in [7, 11) is 1.63. The summed E-state index contributed by atoms with van der Waals surface area (Å²) in [4.78, 5) is 0. The minimum absolute atomic E-state index is 0.126. The molecule has 0 spiro atoms. The highest BCUT2D eigenvalue weighted by Crippen LogP contribution is 2.29. The topological polar surface area (TPSA) is 41.5 Å². The maximum absolute atomic E-state index is 9.45. The number of nitrogens with one attached hydrogen (secondary N) is 1. The molecule has 0 bridgehead atoms. The summed E-state index contributed by atoms with van der Waals surface area (Å²) in [5, 5.41) is 13.5. The Labute approximate surface area is 107 Å². The van der Waals surface area contributed by atoms with Crippen molar-refractivity contribution in [2.24, 2.45) is 0 Å². The fraction of sp³-hybridized carbons (Fsp3) is 0.538. The normalized spacial score (nSPS) is 24.4. The molecule has 1 aromatic carbocycles. The second-order valence-electron chi connectivity index (χ2n) is 4.50. The first-order chi connectivity index (χ1) is 8.19. The first-order valence-corrected chi connectivity index (χ1v) is 6.35. The van der Waals surface area contributed by atoms with Crippen LogP contribution in [0.4, 0.5) is 5.69 Å². The Kier molecular flexibility index (Phi) is 4.13. The zero-order chi connectivity index (χ0) is 12.3. The maximum Gasteiger partial charge on any atom is 0.120 e. The van der Waals surface area contributed by atoms with Crippen molar-refractivity contribution >= 4 is 17.3 Å². The quantitative estimate of drug-likeness (QED) is 0.872. The van der Waals surface area contributed by atoms with Gasteiger partial charge in [0.05, 0.1) is 23.9 Å². The van der Waals surface area contributed by atoms with Crippen LogP contribution >= 0.6 is 11.6 Å². The van der Waals surface area contributed by atoms with Crippen LogP contribution in [0.5, 0.6) is 5.75 Å². The molecule has 1 fully saturated rings. The van der Waals surface area contributed by atoms with Crippen molar-refractivity contribution < 1.29 is 9.84 Å². The number of halogens is 1. The lowest BCUT2D eigenvalue weighted by atomic mass is 9.93. The number of hydrogen-bond acceptors (Lipinski definition) is 3. The molecule has 2 rings (SSSR count). The summed E-state index contributed by atoms with van der Waals surface area (Å²) < 4.78 is 5.11. The predicted octanol–water partition coefficient (Wildman–Crippen LogP) is 3.06. The number of methoxy groups -OCH3 is 1. The van der Waals surface area contributed by atoms with E-state index in [0.29, 0.717) is 11.1 Å².